The molecule has 1 aliphatic carbocycles. The minimum Gasteiger partial charge on any atom is -0.481 e. The van der Waals surface area contributed by atoms with Crippen molar-refractivity contribution in [3.63, 3.8) is 0 Å². The largest absolute Gasteiger partial charge is 0.481 e. The molecule has 0 aliphatic heterocycles. The van der Waals surface area contributed by atoms with Gasteiger partial charge in [0.05, 0.1) is 11.8 Å². The maximum atomic E-state index is 11.3. The fourth-order valence-corrected chi connectivity index (χ4v) is 4.04. The molecule has 2 N–H and O–H groups in total. The first-order chi connectivity index (χ1) is 10.1. The van der Waals surface area contributed by atoms with E-state index in [1.807, 2.05) is 6.92 Å². The van der Waals surface area contributed by atoms with E-state index in [0.29, 0.717) is 0 Å². The Hall–Kier alpha value is -1.69. The van der Waals surface area contributed by atoms with Crippen molar-refractivity contribution >= 4 is 33.3 Å². The van der Waals surface area contributed by atoms with Crippen molar-refractivity contribution < 1.29 is 9.90 Å². The van der Waals surface area contributed by atoms with E-state index in [0.717, 1.165) is 41.7 Å². The summed E-state index contributed by atoms with van der Waals surface area (Å²) in [5.41, 5.74) is -0.374. The fourth-order valence-electron chi connectivity index (χ4n) is 3.19. The lowest BCUT2D eigenvalue weighted by atomic mass is 9.79. The predicted molar refractivity (Wildman–Crippen MR) is 83.8 cm³/mol. The molecule has 5 nitrogen and oxygen atoms in total. The summed E-state index contributed by atoms with van der Waals surface area (Å²) in [6.07, 6.45) is 6.77. The normalized spacial score (nSPS) is 17.8. The van der Waals surface area contributed by atoms with Gasteiger partial charge in [-0.25, -0.2) is 9.97 Å². The Morgan fingerprint density at radius 1 is 1.38 bits per heavy atom. The number of nitrogens with zero attached hydrogens (tertiary/aromatic N) is 2. The van der Waals surface area contributed by atoms with Crippen LogP contribution in [0.1, 0.15) is 43.4 Å². The maximum Gasteiger partial charge on any atom is 0.305 e. The predicted octanol–water partition coefficient (Wildman–Crippen LogP) is 3.59. The summed E-state index contributed by atoms with van der Waals surface area (Å²) in [5.74, 6) is 0.0173. The van der Waals surface area contributed by atoms with Gasteiger partial charge in [0.1, 0.15) is 17.0 Å². The van der Waals surface area contributed by atoms with Crippen LogP contribution >= 0.6 is 11.3 Å². The van der Waals surface area contributed by atoms with Gasteiger partial charge >= 0.3 is 5.97 Å². The van der Waals surface area contributed by atoms with Gasteiger partial charge in [0.2, 0.25) is 0 Å². The summed E-state index contributed by atoms with van der Waals surface area (Å²) in [6, 6.07) is 2.07. The molecule has 0 amide bonds. The molecule has 0 radical (unpaired) electrons. The molecule has 3 rings (SSSR count). The highest BCUT2D eigenvalue weighted by atomic mass is 32.1. The molecule has 2 heterocycles. The van der Waals surface area contributed by atoms with Gasteiger partial charge in [-0.1, -0.05) is 19.3 Å². The zero-order chi connectivity index (χ0) is 14.9. The Balaban J connectivity index is 1.95. The Kier molecular flexibility index (Phi) is 3.80. The average molecular weight is 305 g/mol. The van der Waals surface area contributed by atoms with Crippen LogP contribution in [0.5, 0.6) is 0 Å². The van der Waals surface area contributed by atoms with E-state index in [1.165, 1.54) is 11.3 Å². The standard InChI is InChI=1S/C15H19N3O2S/c1-10-7-11-13(16-9-17-14(11)21-10)18-15(8-12(19)20)5-3-2-4-6-15/h7,9H,2-6,8H2,1H3,(H,19,20)(H,16,17,18). The topological polar surface area (TPSA) is 75.1 Å². The molecular formula is C15H19N3O2S. The summed E-state index contributed by atoms with van der Waals surface area (Å²) in [7, 11) is 0. The van der Waals surface area contributed by atoms with Gasteiger partial charge in [-0.15, -0.1) is 11.3 Å². The van der Waals surface area contributed by atoms with E-state index in [9.17, 15) is 9.90 Å². The van der Waals surface area contributed by atoms with Crippen LogP contribution in [0.3, 0.4) is 0 Å². The quantitative estimate of drug-likeness (QED) is 0.903. The number of rotatable bonds is 4. The first-order valence-corrected chi connectivity index (χ1v) is 8.11. The number of aliphatic carboxylic acids is 1. The number of hydrogen-bond acceptors (Lipinski definition) is 5. The highest BCUT2D eigenvalue weighted by Crippen LogP contribution is 2.36. The summed E-state index contributed by atoms with van der Waals surface area (Å²) in [4.78, 5) is 22.0. The highest BCUT2D eigenvalue weighted by molar-refractivity contribution is 7.18. The minimum atomic E-state index is -0.754. The molecule has 2 aromatic rings. The molecule has 0 atom stereocenters. The molecular weight excluding hydrogens is 286 g/mol. The molecule has 6 heteroatoms. The van der Waals surface area contributed by atoms with Gasteiger partial charge in [-0.05, 0) is 25.8 Å². The van der Waals surface area contributed by atoms with Crippen molar-refractivity contribution in [3.05, 3.63) is 17.3 Å². The second kappa shape index (κ2) is 5.60. The lowest BCUT2D eigenvalue weighted by Crippen LogP contribution is -2.42. The number of anilines is 1. The zero-order valence-electron chi connectivity index (χ0n) is 12.1. The van der Waals surface area contributed by atoms with E-state index in [1.54, 1.807) is 17.7 Å². The minimum absolute atomic E-state index is 0.140. The third-order valence-corrected chi connectivity index (χ3v) is 5.09. The second-order valence-corrected chi connectivity index (χ2v) is 7.07. The second-order valence-electron chi connectivity index (χ2n) is 5.83. The van der Waals surface area contributed by atoms with E-state index < -0.39 is 5.97 Å². The van der Waals surface area contributed by atoms with Crippen LogP contribution < -0.4 is 5.32 Å². The van der Waals surface area contributed by atoms with E-state index in [2.05, 4.69) is 21.4 Å². The number of fused-ring (bicyclic) bond motifs is 1. The Morgan fingerprint density at radius 3 is 2.86 bits per heavy atom. The molecule has 0 spiro atoms. The molecule has 0 aromatic carbocycles. The fraction of sp³-hybridized carbons (Fsp3) is 0.533. The maximum absolute atomic E-state index is 11.3. The Bertz CT molecular complexity index is 662. The molecule has 1 fully saturated rings. The summed E-state index contributed by atoms with van der Waals surface area (Å²) in [5, 5.41) is 13.7. The molecule has 1 aliphatic rings. The zero-order valence-corrected chi connectivity index (χ0v) is 12.9. The molecule has 112 valence electrons. The lowest BCUT2D eigenvalue weighted by molar-refractivity contribution is -0.138. The molecule has 0 unspecified atom stereocenters. The van der Waals surface area contributed by atoms with Gasteiger partial charge in [0, 0.05) is 10.4 Å². The van der Waals surface area contributed by atoms with Crippen molar-refractivity contribution in [2.45, 2.75) is 51.0 Å². The number of carboxylic acids is 1. The first-order valence-electron chi connectivity index (χ1n) is 7.29. The van der Waals surface area contributed by atoms with Crippen molar-refractivity contribution in [2.24, 2.45) is 0 Å². The van der Waals surface area contributed by atoms with Crippen molar-refractivity contribution in [1.82, 2.24) is 9.97 Å². The highest BCUT2D eigenvalue weighted by Gasteiger charge is 2.35. The third-order valence-electron chi connectivity index (χ3n) is 4.14. The van der Waals surface area contributed by atoms with Crippen LogP contribution in [0.2, 0.25) is 0 Å². The number of nitrogens with one attached hydrogen (secondary N) is 1. The smallest absolute Gasteiger partial charge is 0.305 e. The molecule has 0 saturated heterocycles. The first kappa shape index (κ1) is 14.3. The third kappa shape index (κ3) is 3.00. The molecule has 2 aromatic heterocycles. The van der Waals surface area contributed by atoms with Gasteiger partial charge in [0.25, 0.3) is 0 Å². The van der Waals surface area contributed by atoms with Gasteiger partial charge < -0.3 is 10.4 Å². The van der Waals surface area contributed by atoms with Crippen molar-refractivity contribution in [2.75, 3.05) is 5.32 Å². The van der Waals surface area contributed by atoms with E-state index in [4.69, 9.17) is 0 Å². The van der Waals surface area contributed by atoms with Crippen LogP contribution in [0, 0.1) is 6.92 Å². The number of aryl methyl sites for hydroxylation is 1. The molecule has 1 saturated carbocycles. The monoisotopic (exact) mass is 305 g/mol. The molecule has 21 heavy (non-hydrogen) atoms. The van der Waals surface area contributed by atoms with Crippen LogP contribution in [0.25, 0.3) is 10.2 Å². The average Bonchev–Trinajstić information content (AvgIpc) is 2.80. The van der Waals surface area contributed by atoms with Crippen LogP contribution in [-0.4, -0.2) is 26.6 Å². The van der Waals surface area contributed by atoms with Gasteiger partial charge in [-0.3, -0.25) is 4.79 Å². The summed E-state index contributed by atoms with van der Waals surface area (Å²) >= 11 is 1.63. The van der Waals surface area contributed by atoms with E-state index >= 15 is 0 Å². The van der Waals surface area contributed by atoms with Crippen LogP contribution in [0.4, 0.5) is 5.82 Å². The summed E-state index contributed by atoms with van der Waals surface area (Å²) in [6.45, 7) is 2.05. The Morgan fingerprint density at radius 2 is 2.14 bits per heavy atom. The number of carbonyl (C=O) groups is 1. The van der Waals surface area contributed by atoms with E-state index in [-0.39, 0.29) is 12.0 Å². The number of aromatic nitrogens is 2. The van der Waals surface area contributed by atoms with Gasteiger partial charge in [-0.2, -0.15) is 0 Å². The van der Waals surface area contributed by atoms with Crippen molar-refractivity contribution in [3.8, 4) is 0 Å². The number of carboxylic acid groups (broad SMARTS) is 1. The van der Waals surface area contributed by atoms with Crippen LogP contribution in [-0.2, 0) is 4.79 Å². The SMILES string of the molecule is Cc1cc2c(NC3(CC(=O)O)CCCCC3)ncnc2s1. The number of hydrogen-bond donors (Lipinski definition) is 2. The lowest BCUT2D eigenvalue weighted by Gasteiger charge is -2.37. The molecule has 0 bridgehead atoms. The van der Waals surface area contributed by atoms with Gasteiger partial charge in [0.15, 0.2) is 0 Å². The summed E-state index contributed by atoms with van der Waals surface area (Å²) < 4.78 is 0. The van der Waals surface area contributed by atoms with Crippen molar-refractivity contribution in [1.29, 1.82) is 0 Å². The number of thiophene rings is 1. The Labute approximate surface area is 127 Å². The van der Waals surface area contributed by atoms with Crippen LogP contribution in [0.15, 0.2) is 12.4 Å².